The molecular weight excluding hydrogens is 424 g/mol. The van der Waals surface area contributed by atoms with E-state index in [1.165, 1.54) is 44.9 Å². The van der Waals surface area contributed by atoms with Crippen molar-refractivity contribution in [3.05, 3.63) is 0 Å². The third kappa shape index (κ3) is 16.7. The molecule has 3 heteroatoms. The molecule has 0 spiro atoms. The predicted molar refractivity (Wildman–Crippen MR) is 133 cm³/mol. The Morgan fingerprint density at radius 3 is 2.00 bits per heavy atom. The molecule has 0 amide bonds. The van der Waals surface area contributed by atoms with Gasteiger partial charge >= 0.3 is 0 Å². The van der Waals surface area contributed by atoms with Gasteiger partial charge in [0, 0.05) is 33.4 Å². The summed E-state index contributed by atoms with van der Waals surface area (Å²) in [6, 6.07) is 0. The molecule has 0 radical (unpaired) electrons. The zero-order chi connectivity index (χ0) is 21.1. The second-order valence-corrected chi connectivity index (χ2v) is 13.5. The fourth-order valence-electron chi connectivity index (χ4n) is 2.54. The molecule has 0 N–H and O–H groups in total. The van der Waals surface area contributed by atoms with E-state index in [-0.39, 0.29) is 6.10 Å². The highest BCUT2D eigenvalue weighted by Gasteiger charge is 2.24. The highest BCUT2D eigenvalue weighted by molar-refractivity contribution is 9.09. The molecule has 0 rings (SSSR count). The molecule has 0 saturated carbocycles. The van der Waals surface area contributed by atoms with E-state index in [4.69, 9.17) is 4.74 Å². The maximum Gasteiger partial charge on any atom is 0.118 e. The van der Waals surface area contributed by atoms with Gasteiger partial charge in [0.05, 0.1) is 6.61 Å². The van der Waals surface area contributed by atoms with E-state index in [0.717, 1.165) is 44.0 Å². The SMILES string of the molecule is CCCC[C@H](C#CCCCCCCCC#CCCCBr)OCC(C)(C)[SiH](C)C. The molecule has 0 aliphatic heterocycles. The van der Waals surface area contributed by atoms with Gasteiger partial charge in [-0.1, -0.05) is 87.8 Å². The number of ether oxygens (including phenoxy) is 1. The third-order valence-electron chi connectivity index (χ3n) is 5.47. The summed E-state index contributed by atoms with van der Waals surface area (Å²) in [6.07, 6.45) is 14.3. The van der Waals surface area contributed by atoms with Crippen molar-refractivity contribution in [2.45, 2.75) is 122 Å². The van der Waals surface area contributed by atoms with Crippen molar-refractivity contribution in [2.24, 2.45) is 0 Å². The molecule has 0 bridgehead atoms. The topological polar surface area (TPSA) is 9.23 Å². The van der Waals surface area contributed by atoms with Crippen LogP contribution >= 0.6 is 15.9 Å². The highest BCUT2D eigenvalue weighted by Crippen LogP contribution is 2.29. The molecule has 0 aliphatic carbocycles. The summed E-state index contributed by atoms with van der Waals surface area (Å²) in [5, 5.41) is 1.41. The lowest BCUT2D eigenvalue weighted by Crippen LogP contribution is -2.28. The Kier molecular flexibility index (Phi) is 18.6. The second-order valence-electron chi connectivity index (χ2n) is 8.82. The molecule has 0 unspecified atom stereocenters. The Hall–Kier alpha value is -0.223. The van der Waals surface area contributed by atoms with Crippen LogP contribution in [0.1, 0.15) is 97.8 Å². The van der Waals surface area contributed by atoms with E-state index >= 15 is 0 Å². The molecule has 0 aromatic carbocycles. The third-order valence-corrected chi connectivity index (χ3v) is 9.32. The standard InChI is InChI=1S/C25H45BrOSi/c1-6-7-20-24(27-23-25(2,3)28(4)5)21-18-16-14-12-10-8-9-11-13-15-17-19-22-26/h24,28H,6-12,14,16-17,19-20,22-23H2,1-5H3/t24-/m1/s1. The Balaban J connectivity index is 3.94. The van der Waals surface area contributed by atoms with E-state index in [1.54, 1.807) is 0 Å². The summed E-state index contributed by atoms with van der Waals surface area (Å²) in [4.78, 5) is 0. The number of alkyl halides is 1. The smallest absolute Gasteiger partial charge is 0.118 e. The average Bonchev–Trinajstić information content (AvgIpc) is 2.66. The zero-order valence-electron chi connectivity index (χ0n) is 19.3. The molecule has 0 aliphatic rings. The summed E-state index contributed by atoms with van der Waals surface area (Å²) in [7, 11) is -0.712. The van der Waals surface area contributed by atoms with Crippen molar-refractivity contribution in [2.75, 3.05) is 11.9 Å². The molecule has 0 fully saturated rings. The fraction of sp³-hybridized carbons (Fsp3) is 0.840. The molecular formula is C25H45BrOSi. The zero-order valence-corrected chi connectivity index (χ0v) is 22.1. The maximum atomic E-state index is 6.22. The minimum Gasteiger partial charge on any atom is -0.365 e. The number of halogens is 1. The van der Waals surface area contributed by atoms with Crippen LogP contribution in [0.4, 0.5) is 0 Å². The van der Waals surface area contributed by atoms with Crippen LogP contribution in [0.2, 0.25) is 18.1 Å². The number of unbranched alkanes of at least 4 members (excludes halogenated alkanes) is 8. The van der Waals surface area contributed by atoms with Crippen LogP contribution in [0.5, 0.6) is 0 Å². The molecule has 1 nitrogen and oxygen atoms in total. The number of hydrogen-bond acceptors (Lipinski definition) is 1. The predicted octanol–water partition coefficient (Wildman–Crippen LogP) is 7.74. The Morgan fingerprint density at radius 1 is 0.857 bits per heavy atom. The Bertz CT molecular complexity index is 478. The largest absolute Gasteiger partial charge is 0.365 e. The minimum atomic E-state index is -0.712. The Labute approximate surface area is 186 Å². The lowest BCUT2D eigenvalue weighted by atomic mass is 10.1. The van der Waals surface area contributed by atoms with Gasteiger partial charge in [-0.25, -0.2) is 0 Å². The molecule has 0 heterocycles. The van der Waals surface area contributed by atoms with Gasteiger partial charge in [-0.3, -0.25) is 0 Å². The molecule has 1 atom stereocenters. The molecule has 0 saturated heterocycles. The van der Waals surface area contributed by atoms with Crippen LogP contribution in [-0.4, -0.2) is 26.8 Å². The normalized spacial score (nSPS) is 12.2. The van der Waals surface area contributed by atoms with Crippen molar-refractivity contribution in [3.8, 4) is 23.7 Å². The summed E-state index contributed by atoms with van der Waals surface area (Å²) in [5.41, 5.74) is 0. The lowest BCUT2D eigenvalue weighted by molar-refractivity contribution is 0.0675. The van der Waals surface area contributed by atoms with Crippen LogP contribution in [0.25, 0.3) is 0 Å². The van der Waals surface area contributed by atoms with Crippen molar-refractivity contribution in [1.82, 2.24) is 0 Å². The summed E-state index contributed by atoms with van der Waals surface area (Å²) in [5.74, 6) is 13.4. The van der Waals surface area contributed by atoms with Gasteiger partial charge in [-0.05, 0) is 30.7 Å². The van der Waals surface area contributed by atoms with Crippen molar-refractivity contribution >= 4 is 24.7 Å². The number of hydrogen-bond donors (Lipinski definition) is 0. The maximum absolute atomic E-state index is 6.22. The van der Waals surface area contributed by atoms with Gasteiger partial charge in [0.2, 0.25) is 0 Å². The van der Waals surface area contributed by atoms with Crippen molar-refractivity contribution < 1.29 is 4.74 Å². The first-order chi connectivity index (χ1) is 13.4. The lowest BCUT2D eigenvalue weighted by Gasteiger charge is -2.29. The first-order valence-electron chi connectivity index (χ1n) is 11.6. The van der Waals surface area contributed by atoms with E-state index in [2.05, 4.69) is 73.5 Å². The summed E-state index contributed by atoms with van der Waals surface area (Å²) >= 11 is 3.43. The molecule has 0 aromatic rings. The van der Waals surface area contributed by atoms with Crippen LogP contribution in [0, 0.1) is 23.7 Å². The highest BCUT2D eigenvalue weighted by atomic mass is 79.9. The van der Waals surface area contributed by atoms with Crippen LogP contribution in [0.15, 0.2) is 0 Å². The summed E-state index contributed by atoms with van der Waals surface area (Å²) < 4.78 is 6.22. The van der Waals surface area contributed by atoms with Gasteiger partial charge in [-0.2, -0.15) is 0 Å². The first-order valence-corrected chi connectivity index (χ1v) is 15.6. The van der Waals surface area contributed by atoms with Gasteiger partial charge in [-0.15, -0.1) is 17.8 Å². The van der Waals surface area contributed by atoms with E-state index < -0.39 is 8.80 Å². The minimum absolute atomic E-state index is 0.134. The van der Waals surface area contributed by atoms with Gasteiger partial charge in [0.25, 0.3) is 0 Å². The van der Waals surface area contributed by atoms with Gasteiger partial charge in [0.1, 0.15) is 6.10 Å². The second kappa shape index (κ2) is 18.8. The van der Waals surface area contributed by atoms with Crippen molar-refractivity contribution in [1.29, 1.82) is 0 Å². The molecule has 28 heavy (non-hydrogen) atoms. The fourth-order valence-corrected chi connectivity index (χ4v) is 3.25. The number of rotatable bonds is 15. The van der Waals surface area contributed by atoms with Crippen molar-refractivity contribution in [3.63, 3.8) is 0 Å². The van der Waals surface area contributed by atoms with Gasteiger partial charge in [0.15, 0.2) is 0 Å². The van der Waals surface area contributed by atoms with Crippen LogP contribution < -0.4 is 0 Å². The monoisotopic (exact) mass is 468 g/mol. The van der Waals surface area contributed by atoms with Crippen LogP contribution in [-0.2, 0) is 4.74 Å². The summed E-state index contributed by atoms with van der Waals surface area (Å²) in [6.45, 7) is 12.6. The van der Waals surface area contributed by atoms with E-state index in [9.17, 15) is 0 Å². The van der Waals surface area contributed by atoms with E-state index in [0.29, 0.717) is 5.04 Å². The molecule has 0 aromatic heterocycles. The quantitative estimate of drug-likeness (QED) is 0.103. The Morgan fingerprint density at radius 2 is 1.43 bits per heavy atom. The molecule has 162 valence electrons. The first kappa shape index (κ1) is 27.8. The van der Waals surface area contributed by atoms with E-state index in [1.807, 2.05) is 0 Å². The van der Waals surface area contributed by atoms with Gasteiger partial charge < -0.3 is 4.74 Å². The average molecular weight is 470 g/mol. The van der Waals surface area contributed by atoms with Crippen LogP contribution in [0.3, 0.4) is 0 Å².